The minimum Gasteiger partial charge on any atom is -0.450 e. The zero-order valence-corrected chi connectivity index (χ0v) is 18.0. The molecule has 1 aliphatic heterocycles. The van der Waals surface area contributed by atoms with Crippen LogP contribution < -0.4 is 10.6 Å². The van der Waals surface area contributed by atoms with E-state index in [0.717, 1.165) is 5.69 Å². The van der Waals surface area contributed by atoms with E-state index in [9.17, 15) is 9.59 Å². The van der Waals surface area contributed by atoms with Crippen LogP contribution in [0.15, 0.2) is 36.5 Å². The highest BCUT2D eigenvalue weighted by atomic mass is 19.1. The van der Waals surface area contributed by atoms with Gasteiger partial charge in [0.25, 0.3) is 0 Å². The summed E-state index contributed by atoms with van der Waals surface area (Å²) in [4.78, 5) is 32.0. The number of hydrogen-bond acceptors (Lipinski definition) is 5. The number of ether oxygens (including phenoxy) is 1. The number of aryl methyl sites for hydroxylation is 1. The molecule has 31 heavy (non-hydrogen) atoms. The summed E-state index contributed by atoms with van der Waals surface area (Å²) in [5.74, 6) is -0.472. The summed E-state index contributed by atoms with van der Waals surface area (Å²) >= 11 is 0. The van der Waals surface area contributed by atoms with Crippen LogP contribution in [0.25, 0.3) is 0 Å². The average molecular weight is 429 g/mol. The van der Waals surface area contributed by atoms with Crippen LogP contribution in [0.5, 0.6) is 0 Å². The molecule has 0 spiro atoms. The smallest absolute Gasteiger partial charge is 0.409 e. The molecule has 0 aliphatic carbocycles. The summed E-state index contributed by atoms with van der Waals surface area (Å²) in [6.45, 7) is 8.15. The molecule has 8 nitrogen and oxygen atoms in total. The van der Waals surface area contributed by atoms with Crippen molar-refractivity contribution in [2.45, 2.75) is 26.8 Å². The molecule has 0 saturated carbocycles. The molecular formula is C22H28FN5O3. The topological polar surface area (TPSA) is 86.8 Å². The first kappa shape index (κ1) is 22.5. The number of piperazine rings is 1. The molecule has 166 valence electrons. The Hall–Kier alpha value is -3.20. The molecule has 9 heteroatoms. The largest absolute Gasteiger partial charge is 0.450 e. The number of rotatable bonds is 5. The third kappa shape index (κ3) is 5.69. The monoisotopic (exact) mass is 429 g/mol. The van der Waals surface area contributed by atoms with Crippen LogP contribution in [-0.2, 0) is 4.74 Å². The molecule has 1 fully saturated rings. The molecule has 3 amide bonds. The van der Waals surface area contributed by atoms with Crippen molar-refractivity contribution in [3.05, 3.63) is 53.6 Å². The van der Waals surface area contributed by atoms with E-state index in [1.54, 1.807) is 42.3 Å². The van der Waals surface area contributed by atoms with Crippen LogP contribution in [0.4, 0.5) is 25.4 Å². The van der Waals surface area contributed by atoms with Gasteiger partial charge in [0.1, 0.15) is 0 Å². The van der Waals surface area contributed by atoms with Gasteiger partial charge in [-0.05, 0) is 39.0 Å². The number of nitrogens with one attached hydrogen (secondary N) is 2. The first-order valence-corrected chi connectivity index (χ1v) is 10.3. The summed E-state index contributed by atoms with van der Waals surface area (Å²) < 4.78 is 20.2. The van der Waals surface area contributed by atoms with Gasteiger partial charge in [-0.3, -0.25) is 9.88 Å². The van der Waals surface area contributed by atoms with Crippen LogP contribution in [-0.4, -0.2) is 59.7 Å². The van der Waals surface area contributed by atoms with Crippen LogP contribution in [0.3, 0.4) is 0 Å². The predicted molar refractivity (Wildman–Crippen MR) is 117 cm³/mol. The molecule has 1 aromatic heterocycles. The zero-order chi connectivity index (χ0) is 22.4. The Bertz CT molecular complexity index is 914. The van der Waals surface area contributed by atoms with Crippen molar-refractivity contribution >= 4 is 23.5 Å². The number of benzene rings is 1. The van der Waals surface area contributed by atoms with Crippen molar-refractivity contribution in [3.63, 3.8) is 0 Å². The Morgan fingerprint density at radius 2 is 1.90 bits per heavy atom. The van der Waals surface area contributed by atoms with E-state index in [-0.39, 0.29) is 17.8 Å². The van der Waals surface area contributed by atoms with Crippen LogP contribution in [0.2, 0.25) is 0 Å². The molecule has 2 N–H and O–H groups in total. The van der Waals surface area contributed by atoms with E-state index in [0.29, 0.717) is 44.0 Å². The average Bonchev–Trinajstić information content (AvgIpc) is 2.76. The second-order valence-electron chi connectivity index (χ2n) is 7.37. The Kier molecular flexibility index (Phi) is 7.41. The summed E-state index contributed by atoms with van der Waals surface area (Å²) in [6, 6.07) is 7.70. The second kappa shape index (κ2) is 10.2. The molecule has 1 aromatic carbocycles. The van der Waals surface area contributed by atoms with Gasteiger partial charge in [0.15, 0.2) is 5.82 Å². The standard InChI is InChI=1S/C22H28FN5O3/c1-4-31-22(30)28-12-10-27(11-13-28)16(3)18-6-5-7-19(20(18)23)26-21(29)25-17-9-8-15(2)24-14-17/h5-9,14,16H,4,10-13H2,1-3H3,(H2,25,26,29)/t16-/m1/s1. The molecule has 0 unspecified atom stereocenters. The van der Waals surface area contributed by atoms with Crippen molar-refractivity contribution in [2.75, 3.05) is 43.4 Å². The van der Waals surface area contributed by atoms with Gasteiger partial charge in [-0.15, -0.1) is 0 Å². The molecule has 3 rings (SSSR count). The van der Waals surface area contributed by atoms with Gasteiger partial charge in [0.2, 0.25) is 0 Å². The second-order valence-corrected chi connectivity index (χ2v) is 7.37. The number of anilines is 2. The van der Waals surface area contributed by atoms with Crippen LogP contribution in [0, 0.1) is 12.7 Å². The minimum atomic E-state index is -0.544. The lowest BCUT2D eigenvalue weighted by Gasteiger charge is -2.37. The maximum Gasteiger partial charge on any atom is 0.409 e. The molecule has 0 bridgehead atoms. The van der Waals surface area contributed by atoms with E-state index in [2.05, 4.69) is 20.5 Å². The molecule has 1 saturated heterocycles. The van der Waals surface area contributed by atoms with Gasteiger partial charge in [-0.25, -0.2) is 14.0 Å². The minimum absolute atomic E-state index is 0.104. The Balaban J connectivity index is 1.62. The molecule has 0 radical (unpaired) electrons. The van der Waals surface area contributed by atoms with E-state index in [1.807, 2.05) is 13.8 Å². The molecule has 1 aliphatic rings. The number of carbonyl (C=O) groups excluding carboxylic acids is 2. The third-order valence-corrected chi connectivity index (χ3v) is 5.28. The van der Waals surface area contributed by atoms with Crippen molar-refractivity contribution in [1.82, 2.24) is 14.8 Å². The van der Waals surface area contributed by atoms with Gasteiger partial charge < -0.3 is 20.3 Å². The summed E-state index contributed by atoms with van der Waals surface area (Å²) in [5, 5.41) is 5.21. The van der Waals surface area contributed by atoms with Crippen molar-refractivity contribution < 1.29 is 18.7 Å². The fraction of sp³-hybridized carbons (Fsp3) is 0.409. The Morgan fingerprint density at radius 1 is 1.16 bits per heavy atom. The highest BCUT2D eigenvalue weighted by molar-refractivity contribution is 5.99. The van der Waals surface area contributed by atoms with Gasteiger partial charge in [0, 0.05) is 43.5 Å². The lowest BCUT2D eigenvalue weighted by molar-refractivity contribution is 0.0681. The number of pyridine rings is 1. The molecule has 1 atom stereocenters. The number of urea groups is 1. The Labute approximate surface area is 181 Å². The van der Waals surface area contributed by atoms with Crippen LogP contribution in [0.1, 0.15) is 31.1 Å². The highest BCUT2D eigenvalue weighted by Gasteiger charge is 2.27. The first-order chi connectivity index (χ1) is 14.9. The van der Waals surface area contributed by atoms with E-state index in [4.69, 9.17) is 4.74 Å². The number of aromatic nitrogens is 1. The third-order valence-electron chi connectivity index (χ3n) is 5.28. The number of nitrogens with zero attached hydrogens (tertiary/aromatic N) is 3. The lowest BCUT2D eigenvalue weighted by atomic mass is 10.0. The number of amides is 3. The number of halogens is 1. The van der Waals surface area contributed by atoms with E-state index in [1.165, 1.54) is 6.07 Å². The van der Waals surface area contributed by atoms with Crippen molar-refractivity contribution in [2.24, 2.45) is 0 Å². The molecule has 2 aromatic rings. The van der Waals surface area contributed by atoms with Gasteiger partial charge in [-0.1, -0.05) is 12.1 Å². The Morgan fingerprint density at radius 3 is 2.55 bits per heavy atom. The normalized spacial score (nSPS) is 15.3. The lowest BCUT2D eigenvalue weighted by Crippen LogP contribution is -2.49. The summed E-state index contributed by atoms with van der Waals surface area (Å²) in [6.07, 6.45) is 1.22. The van der Waals surface area contributed by atoms with Crippen molar-refractivity contribution in [3.8, 4) is 0 Å². The zero-order valence-electron chi connectivity index (χ0n) is 18.0. The van der Waals surface area contributed by atoms with E-state index < -0.39 is 11.8 Å². The fourth-order valence-corrected chi connectivity index (χ4v) is 3.50. The predicted octanol–water partition coefficient (Wildman–Crippen LogP) is 4.01. The summed E-state index contributed by atoms with van der Waals surface area (Å²) in [5.41, 5.74) is 1.95. The quantitative estimate of drug-likeness (QED) is 0.750. The SMILES string of the molecule is CCOC(=O)N1CCN([C@H](C)c2cccc(NC(=O)Nc3ccc(C)nc3)c2F)CC1. The van der Waals surface area contributed by atoms with Gasteiger partial charge in [-0.2, -0.15) is 0 Å². The number of carbonyl (C=O) groups is 2. The van der Waals surface area contributed by atoms with E-state index >= 15 is 4.39 Å². The summed E-state index contributed by atoms with van der Waals surface area (Å²) in [7, 11) is 0. The molecule has 2 heterocycles. The van der Waals surface area contributed by atoms with Gasteiger partial charge in [0.05, 0.1) is 24.2 Å². The van der Waals surface area contributed by atoms with Crippen molar-refractivity contribution in [1.29, 1.82) is 0 Å². The van der Waals surface area contributed by atoms with Crippen LogP contribution >= 0.6 is 0 Å². The first-order valence-electron chi connectivity index (χ1n) is 10.3. The number of hydrogen-bond donors (Lipinski definition) is 2. The maximum atomic E-state index is 15.2. The highest BCUT2D eigenvalue weighted by Crippen LogP contribution is 2.28. The maximum absolute atomic E-state index is 15.2. The van der Waals surface area contributed by atoms with Gasteiger partial charge >= 0.3 is 12.1 Å². The fourth-order valence-electron chi connectivity index (χ4n) is 3.50. The molecular weight excluding hydrogens is 401 g/mol.